The summed E-state index contributed by atoms with van der Waals surface area (Å²) in [6.07, 6.45) is 3.45. The van der Waals surface area contributed by atoms with Crippen molar-refractivity contribution in [2.75, 3.05) is 6.54 Å². The number of amides is 2. The van der Waals surface area contributed by atoms with Gasteiger partial charge in [0.2, 0.25) is 0 Å². The van der Waals surface area contributed by atoms with Gasteiger partial charge in [0.05, 0.1) is 12.2 Å². The van der Waals surface area contributed by atoms with Gasteiger partial charge in [-0.25, -0.2) is 4.79 Å². The molecule has 0 saturated carbocycles. The van der Waals surface area contributed by atoms with Gasteiger partial charge in [0.1, 0.15) is 0 Å². The predicted octanol–water partition coefficient (Wildman–Crippen LogP) is 1.91. The molecule has 1 saturated heterocycles. The SMILES string of the molecule is Cc1cc(CNC(=O)N2CCCCC2CCC(=O)O)on1. The first-order valence-electron chi connectivity index (χ1n) is 7.24. The lowest BCUT2D eigenvalue weighted by Gasteiger charge is -2.35. The minimum Gasteiger partial charge on any atom is -0.481 e. The van der Waals surface area contributed by atoms with Crippen molar-refractivity contribution in [1.29, 1.82) is 0 Å². The molecule has 0 radical (unpaired) electrons. The number of aliphatic carboxylic acids is 1. The normalized spacial score (nSPS) is 18.5. The van der Waals surface area contributed by atoms with Crippen molar-refractivity contribution < 1.29 is 19.2 Å². The molecule has 1 unspecified atom stereocenters. The Kier molecular flexibility index (Phi) is 5.19. The molecular formula is C14H21N3O4. The standard InChI is InChI=1S/C14H21N3O4/c1-10-8-12(21-16-10)9-15-14(20)17-7-3-2-4-11(17)5-6-13(18)19/h8,11H,2-7,9H2,1H3,(H,15,20)(H,18,19). The molecule has 0 spiro atoms. The summed E-state index contributed by atoms with van der Waals surface area (Å²) >= 11 is 0. The van der Waals surface area contributed by atoms with Crippen molar-refractivity contribution in [3.05, 3.63) is 17.5 Å². The van der Waals surface area contributed by atoms with E-state index in [0.717, 1.165) is 25.0 Å². The lowest BCUT2D eigenvalue weighted by Crippen LogP contribution is -2.48. The highest BCUT2D eigenvalue weighted by atomic mass is 16.5. The predicted molar refractivity (Wildman–Crippen MR) is 74.7 cm³/mol. The van der Waals surface area contributed by atoms with Crippen LogP contribution in [0.1, 0.15) is 43.6 Å². The van der Waals surface area contributed by atoms with E-state index in [1.807, 2.05) is 6.92 Å². The van der Waals surface area contributed by atoms with Crippen LogP contribution in [0.2, 0.25) is 0 Å². The second-order valence-electron chi connectivity index (χ2n) is 5.37. The average molecular weight is 295 g/mol. The van der Waals surface area contributed by atoms with Crippen LogP contribution in [-0.2, 0) is 11.3 Å². The number of likely N-dealkylation sites (tertiary alicyclic amines) is 1. The highest BCUT2D eigenvalue weighted by molar-refractivity contribution is 5.74. The third kappa shape index (κ3) is 4.47. The van der Waals surface area contributed by atoms with Gasteiger partial charge in [-0.1, -0.05) is 5.16 Å². The molecule has 2 N–H and O–H groups in total. The molecule has 2 heterocycles. The molecule has 1 aliphatic heterocycles. The number of piperidine rings is 1. The minimum absolute atomic E-state index is 0.00584. The van der Waals surface area contributed by atoms with Gasteiger partial charge in [0, 0.05) is 25.1 Å². The van der Waals surface area contributed by atoms with Crippen LogP contribution >= 0.6 is 0 Å². The fourth-order valence-corrected chi connectivity index (χ4v) is 2.62. The van der Waals surface area contributed by atoms with Gasteiger partial charge < -0.3 is 19.8 Å². The molecule has 0 aliphatic carbocycles. The van der Waals surface area contributed by atoms with E-state index in [-0.39, 0.29) is 18.5 Å². The Bertz CT molecular complexity index is 500. The molecule has 0 aromatic carbocycles. The topological polar surface area (TPSA) is 95.7 Å². The van der Waals surface area contributed by atoms with Crippen LogP contribution in [0.25, 0.3) is 0 Å². The lowest BCUT2D eigenvalue weighted by molar-refractivity contribution is -0.137. The fourth-order valence-electron chi connectivity index (χ4n) is 2.62. The quantitative estimate of drug-likeness (QED) is 0.865. The molecule has 2 amide bonds. The number of carboxylic acids is 1. The summed E-state index contributed by atoms with van der Waals surface area (Å²) in [6, 6.07) is 1.61. The summed E-state index contributed by atoms with van der Waals surface area (Å²) in [7, 11) is 0. The van der Waals surface area contributed by atoms with Gasteiger partial charge in [0.25, 0.3) is 0 Å². The van der Waals surface area contributed by atoms with E-state index in [1.54, 1.807) is 11.0 Å². The number of nitrogens with zero attached hydrogens (tertiary/aromatic N) is 2. The third-order valence-corrected chi connectivity index (χ3v) is 3.67. The Balaban J connectivity index is 1.87. The molecule has 2 rings (SSSR count). The van der Waals surface area contributed by atoms with E-state index in [2.05, 4.69) is 10.5 Å². The number of carbonyl (C=O) groups is 2. The zero-order valence-electron chi connectivity index (χ0n) is 12.2. The lowest BCUT2D eigenvalue weighted by atomic mass is 9.98. The van der Waals surface area contributed by atoms with Crippen LogP contribution in [-0.4, -0.2) is 39.8 Å². The largest absolute Gasteiger partial charge is 0.481 e. The summed E-state index contributed by atoms with van der Waals surface area (Å²) in [5.74, 6) is -0.210. The van der Waals surface area contributed by atoms with Crippen LogP contribution in [0.5, 0.6) is 0 Å². The van der Waals surface area contributed by atoms with E-state index in [0.29, 0.717) is 25.3 Å². The number of carboxylic acid groups (broad SMARTS) is 1. The van der Waals surface area contributed by atoms with E-state index in [1.165, 1.54) is 0 Å². The molecule has 1 aromatic rings. The number of nitrogens with one attached hydrogen (secondary N) is 1. The van der Waals surface area contributed by atoms with E-state index >= 15 is 0 Å². The summed E-state index contributed by atoms with van der Waals surface area (Å²) in [4.78, 5) is 24.7. The molecule has 1 aromatic heterocycles. The van der Waals surface area contributed by atoms with Gasteiger partial charge in [-0.05, 0) is 32.6 Å². The fraction of sp³-hybridized carbons (Fsp3) is 0.643. The summed E-state index contributed by atoms with van der Waals surface area (Å²) in [6.45, 7) is 2.79. The first-order valence-corrected chi connectivity index (χ1v) is 7.24. The van der Waals surface area contributed by atoms with Crippen LogP contribution in [0.15, 0.2) is 10.6 Å². The second kappa shape index (κ2) is 7.10. The highest BCUT2D eigenvalue weighted by Crippen LogP contribution is 2.21. The minimum atomic E-state index is -0.821. The number of hydrogen-bond donors (Lipinski definition) is 2. The number of urea groups is 1. The van der Waals surface area contributed by atoms with E-state index in [9.17, 15) is 9.59 Å². The Morgan fingerprint density at radius 1 is 1.52 bits per heavy atom. The monoisotopic (exact) mass is 295 g/mol. The molecule has 21 heavy (non-hydrogen) atoms. The van der Waals surface area contributed by atoms with E-state index < -0.39 is 5.97 Å². The van der Waals surface area contributed by atoms with Crippen molar-refractivity contribution in [2.24, 2.45) is 0 Å². The van der Waals surface area contributed by atoms with Crippen molar-refractivity contribution >= 4 is 12.0 Å². The number of hydrogen-bond acceptors (Lipinski definition) is 4. The molecule has 7 nitrogen and oxygen atoms in total. The Labute approximate surface area is 123 Å². The maximum Gasteiger partial charge on any atom is 0.318 e. The van der Waals surface area contributed by atoms with Crippen molar-refractivity contribution in [1.82, 2.24) is 15.4 Å². The summed E-state index contributed by atoms with van der Waals surface area (Å²) < 4.78 is 5.05. The first-order chi connectivity index (χ1) is 10.1. The molecule has 0 bridgehead atoms. The summed E-state index contributed by atoms with van der Waals surface area (Å²) in [5, 5.41) is 15.4. The van der Waals surface area contributed by atoms with Crippen LogP contribution in [0, 0.1) is 6.92 Å². The van der Waals surface area contributed by atoms with Crippen LogP contribution < -0.4 is 5.32 Å². The Morgan fingerprint density at radius 2 is 2.33 bits per heavy atom. The molecular weight excluding hydrogens is 274 g/mol. The average Bonchev–Trinajstić information content (AvgIpc) is 2.88. The van der Waals surface area contributed by atoms with Gasteiger partial charge in [-0.3, -0.25) is 4.79 Å². The van der Waals surface area contributed by atoms with Crippen molar-refractivity contribution in [2.45, 2.75) is 51.6 Å². The third-order valence-electron chi connectivity index (χ3n) is 3.67. The van der Waals surface area contributed by atoms with Gasteiger partial charge in [-0.15, -0.1) is 0 Å². The van der Waals surface area contributed by atoms with Crippen LogP contribution in [0.3, 0.4) is 0 Å². The summed E-state index contributed by atoms with van der Waals surface area (Å²) in [5.41, 5.74) is 0.775. The Morgan fingerprint density at radius 3 is 3.00 bits per heavy atom. The smallest absolute Gasteiger partial charge is 0.318 e. The zero-order valence-corrected chi connectivity index (χ0v) is 12.2. The Hall–Kier alpha value is -2.05. The number of aromatic nitrogens is 1. The maximum atomic E-state index is 12.2. The maximum absolute atomic E-state index is 12.2. The molecule has 7 heteroatoms. The zero-order chi connectivity index (χ0) is 15.2. The van der Waals surface area contributed by atoms with Crippen molar-refractivity contribution in [3.63, 3.8) is 0 Å². The van der Waals surface area contributed by atoms with Gasteiger partial charge in [-0.2, -0.15) is 0 Å². The van der Waals surface area contributed by atoms with Gasteiger partial charge >= 0.3 is 12.0 Å². The number of rotatable bonds is 5. The number of aryl methyl sites for hydroxylation is 1. The molecule has 1 fully saturated rings. The van der Waals surface area contributed by atoms with Gasteiger partial charge in [0.15, 0.2) is 5.76 Å². The molecule has 116 valence electrons. The van der Waals surface area contributed by atoms with Crippen molar-refractivity contribution in [3.8, 4) is 0 Å². The van der Waals surface area contributed by atoms with E-state index in [4.69, 9.17) is 9.63 Å². The second-order valence-corrected chi connectivity index (χ2v) is 5.37. The highest BCUT2D eigenvalue weighted by Gasteiger charge is 2.26. The number of carbonyl (C=O) groups excluding carboxylic acids is 1. The van der Waals surface area contributed by atoms with Crippen LogP contribution in [0.4, 0.5) is 4.79 Å². The molecule has 1 aliphatic rings. The first kappa shape index (κ1) is 15.3. The molecule has 1 atom stereocenters.